The Hall–Kier alpha value is -2.71. The van der Waals surface area contributed by atoms with Crippen LogP contribution in [0.4, 0.5) is 0 Å². The summed E-state index contributed by atoms with van der Waals surface area (Å²) in [6.45, 7) is 3.87. The van der Waals surface area contributed by atoms with Crippen LogP contribution >= 0.6 is 0 Å². The molecule has 0 spiro atoms. The average molecular weight is 398 g/mol. The molecule has 3 heterocycles. The molecule has 8 heteroatoms. The summed E-state index contributed by atoms with van der Waals surface area (Å²) >= 11 is 0. The van der Waals surface area contributed by atoms with Gasteiger partial charge in [0.05, 0.1) is 37.7 Å². The highest BCUT2D eigenvalue weighted by Gasteiger charge is 2.36. The smallest absolute Gasteiger partial charge is 0.245 e. The normalized spacial score (nSPS) is 19.6. The van der Waals surface area contributed by atoms with Gasteiger partial charge in [0, 0.05) is 19.7 Å². The number of rotatable bonds is 6. The quantitative estimate of drug-likeness (QED) is 0.739. The molecule has 1 aromatic carbocycles. The summed E-state index contributed by atoms with van der Waals surface area (Å²) in [4.78, 5) is 28.8. The lowest BCUT2D eigenvalue weighted by molar-refractivity contribution is -0.147. The minimum absolute atomic E-state index is 0.0662. The van der Waals surface area contributed by atoms with Gasteiger partial charge in [0.15, 0.2) is 6.29 Å². The highest BCUT2D eigenvalue weighted by molar-refractivity contribution is 5.87. The van der Waals surface area contributed by atoms with Gasteiger partial charge in [-0.05, 0) is 31.0 Å². The van der Waals surface area contributed by atoms with Crippen LogP contribution in [0, 0.1) is 0 Å². The lowest BCUT2D eigenvalue weighted by Gasteiger charge is -2.31. The van der Waals surface area contributed by atoms with Crippen LogP contribution in [0.5, 0.6) is 0 Å². The van der Waals surface area contributed by atoms with Gasteiger partial charge in [-0.3, -0.25) is 9.59 Å². The maximum absolute atomic E-state index is 13.4. The molecule has 1 aromatic heterocycles. The van der Waals surface area contributed by atoms with Crippen molar-refractivity contribution in [2.45, 2.75) is 38.6 Å². The molecule has 1 atom stereocenters. The first-order valence-corrected chi connectivity index (χ1v) is 10.0. The van der Waals surface area contributed by atoms with Crippen LogP contribution in [0.15, 0.2) is 42.6 Å². The lowest BCUT2D eigenvalue weighted by Crippen LogP contribution is -2.49. The van der Waals surface area contributed by atoms with Crippen LogP contribution in [0.3, 0.4) is 0 Å². The average Bonchev–Trinajstić information content (AvgIpc) is 3.49. The van der Waals surface area contributed by atoms with Crippen molar-refractivity contribution in [3.05, 3.63) is 48.3 Å². The number of amides is 2. The van der Waals surface area contributed by atoms with Gasteiger partial charge in [-0.1, -0.05) is 18.2 Å². The van der Waals surface area contributed by atoms with Gasteiger partial charge < -0.3 is 19.3 Å². The zero-order chi connectivity index (χ0) is 20.2. The molecular formula is C21H26N4O4. The molecule has 0 aliphatic carbocycles. The van der Waals surface area contributed by atoms with E-state index in [1.807, 2.05) is 41.1 Å². The largest absolute Gasteiger partial charge is 0.348 e. The number of aromatic nitrogens is 2. The molecule has 2 aliphatic heterocycles. The first-order valence-electron chi connectivity index (χ1n) is 10.0. The Morgan fingerprint density at radius 3 is 2.66 bits per heavy atom. The van der Waals surface area contributed by atoms with E-state index < -0.39 is 12.3 Å². The molecule has 2 fully saturated rings. The van der Waals surface area contributed by atoms with Crippen molar-refractivity contribution in [3.8, 4) is 5.69 Å². The number of carbonyl (C=O) groups is 2. The molecular weight excluding hydrogens is 372 g/mol. The predicted octanol–water partition coefficient (Wildman–Crippen LogP) is 1.58. The summed E-state index contributed by atoms with van der Waals surface area (Å²) in [5.41, 5.74) is 1.81. The fraction of sp³-hybridized carbons (Fsp3) is 0.476. The molecule has 154 valence electrons. The Morgan fingerprint density at radius 2 is 1.93 bits per heavy atom. The van der Waals surface area contributed by atoms with E-state index in [4.69, 9.17) is 9.47 Å². The van der Waals surface area contributed by atoms with Gasteiger partial charge in [-0.15, -0.1) is 0 Å². The predicted molar refractivity (Wildman–Crippen MR) is 105 cm³/mol. The molecule has 0 saturated carbocycles. The van der Waals surface area contributed by atoms with E-state index in [1.54, 1.807) is 16.0 Å². The van der Waals surface area contributed by atoms with Crippen LogP contribution in [0.2, 0.25) is 0 Å². The second-order valence-corrected chi connectivity index (χ2v) is 7.33. The zero-order valence-electron chi connectivity index (χ0n) is 16.6. The number of ether oxygens (including phenoxy) is 2. The number of likely N-dealkylation sites (tertiary alicyclic amines) is 1. The van der Waals surface area contributed by atoms with Gasteiger partial charge in [-0.25, -0.2) is 4.68 Å². The van der Waals surface area contributed by atoms with Crippen molar-refractivity contribution in [2.24, 2.45) is 0 Å². The number of benzene rings is 1. The van der Waals surface area contributed by atoms with Crippen LogP contribution in [0.25, 0.3) is 5.69 Å². The highest BCUT2D eigenvalue weighted by Crippen LogP contribution is 2.22. The first kappa shape index (κ1) is 19.6. The third-order valence-electron chi connectivity index (χ3n) is 5.39. The van der Waals surface area contributed by atoms with E-state index in [0.29, 0.717) is 39.3 Å². The number of nitrogens with zero attached hydrogens (tertiary/aromatic N) is 4. The van der Waals surface area contributed by atoms with Crippen LogP contribution in [-0.2, 0) is 25.6 Å². The third-order valence-corrected chi connectivity index (χ3v) is 5.39. The maximum Gasteiger partial charge on any atom is 0.245 e. The Labute approximate surface area is 170 Å². The van der Waals surface area contributed by atoms with E-state index >= 15 is 0 Å². The van der Waals surface area contributed by atoms with Crippen molar-refractivity contribution in [1.82, 2.24) is 19.6 Å². The van der Waals surface area contributed by atoms with Gasteiger partial charge in [-0.2, -0.15) is 5.10 Å². The molecule has 2 aliphatic rings. The molecule has 8 nitrogen and oxygen atoms in total. The SMILES string of the molecule is CC(=O)N1CCC[C@@H]1C(=O)N(Cc1ccnn1-c1ccccc1)CC1OCCO1. The summed E-state index contributed by atoms with van der Waals surface area (Å²) in [5, 5.41) is 4.42. The van der Waals surface area contributed by atoms with Crippen molar-refractivity contribution < 1.29 is 19.1 Å². The number of hydrogen-bond acceptors (Lipinski definition) is 5. The second kappa shape index (κ2) is 8.75. The molecule has 0 unspecified atom stereocenters. The molecule has 0 radical (unpaired) electrons. The summed E-state index contributed by atoms with van der Waals surface area (Å²) in [5.74, 6) is -0.138. The molecule has 2 aromatic rings. The molecule has 0 bridgehead atoms. The van der Waals surface area contributed by atoms with Crippen LogP contribution < -0.4 is 0 Å². The summed E-state index contributed by atoms with van der Waals surface area (Å²) in [7, 11) is 0. The second-order valence-electron chi connectivity index (χ2n) is 7.33. The molecule has 29 heavy (non-hydrogen) atoms. The fourth-order valence-electron chi connectivity index (χ4n) is 3.98. The molecule has 0 N–H and O–H groups in total. The van der Waals surface area contributed by atoms with Crippen LogP contribution in [-0.4, -0.2) is 70.0 Å². The molecule has 2 saturated heterocycles. The zero-order valence-corrected chi connectivity index (χ0v) is 16.6. The Bertz CT molecular complexity index is 847. The van der Waals surface area contributed by atoms with E-state index in [2.05, 4.69) is 5.10 Å². The Kier molecular flexibility index (Phi) is 5.92. The van der Waals surface area contributed by atoms with Gasteiger partial charge in [0.2, 0.25) is 11.8 Å². The van der Waals surface area contributed by atoms with Crippen molar-refractivity contribution >= 4 is 11.8 Å². The molecule has 2 amide bonds. The van der Waals surface area contributed by atoms with Gasteiger partial charge in [0.1, 0.15) is 6.04 Å². The van der Waals surface area contributed by atoms with Crippen molar-refractivity contribution in [3.63, 3.8) is 0 Å². The minimum atomic E-state index is -0.445. The maximum atomic E-state index is 13.4. The Morgan fingerprint density at radius 1 is 1.17 bits per heavy atom. The Balaban J connectivity index is 1.57. The number of para-hydroxylation sites is 1. The van der Waals surface area contributed by atoms with Crippen molar-refractivity contribution in [1.29, 1.82) is 0 Å². The van der Waals surface area contributed by atoms with Gasteiger partial charge in [0.25, 0.3) is 0 Å². The lowest BCUT2D eigenvalue weighted by atomic mass is 10.1. The van der Waals surface area contributed by atoms with E-state index in [1.165, 1.54) is 6.92 Å². The monoisotopic (exact) mass is 398 g/mol. The first-order chi connectivity index (χ1) is 14.1. The number of hydrogen-bond donors (Lipinski definition) is 0. The number of carbonyl (C=O) groups excluding carboxylic acids is 2. The highest BCUT2D eigenvalue weighted by atomic mass is 16.7. The molecule has 4 rings (SSSR count). The fourth-order valence-corrected chi connectivity index (χ4v) is 3.98. The van der Waals surface area contributed by atoms with E-state index in [9.17, 15) is 9.59 Å². The van der Waals surface area contributed by atoms with Crippen LogP contribution in [0.1, 0.15) is 25.5 Å². The minimum Gasteiger partial charge on any atom is -0.348 e. The summed E-state index contributed by atoms with van der Waals surface area (Å²) < 4.78 is 13.0. The van der Waals surface area contributed by atoms with E-state index in [-0.39, 0.29) is 11.8 Å². The third kappa shape index (κ3) is 4.33. The summed E-state index contributed by atoms with van der Waals surface area (Å²) in [6, 6.07) is 11.3. The standard InChI is InChI=1S/C21H26N4O4/c1-16(26)24-11-5-8-19(24)21(27)23(15-20-28-12-13-29-20)14-18-9-10-22-25(18)17-6-3-2-4-7-17/h2-4,6-7,9-10,19-20H,5,8,11-15H2,1H3/t19-/m1/s1. The van der Waals surface area contributed by atoms with Crippen molar-refractivity contribution in [2.75, 3.05) is 26.3 Å². The summed E-state index contributed by atoms with van der Waals surface area (Å²) in [6.07, 6.45) is 2.80. The topological polar surface area (TPSA) is 76.9 Å². The van der Waals surface area contributed by atoms with Gasteiger partial charge >= 0.3 is 0 Å². The van der Waals surface area contributed by atoms with E-state index in [0.717, 1.165) is 17.8 Å².